The van der Waals surface area contributed by atoms with Gasteiger partial charge in [0.15, 0.2) is 5.78 Å². The van der Waals surface area contributed by atoms with Crippen molar-refractivity contribution in [2.24, 2.45) is 0 Å². The van der Waals surface area contributed by atoms with Gasteiger partial charge < -0.3 is 15.1 Å². The Kier molecular flexibility index (Phi) is 5.97. The van der Waals surface area contributed by atoms with Crippen LogP contribution < -0.4 is 15.1 Å². The van der Waals surface area contributed by atoms with Crippen molar-refractivity contribution in [1.29, 1.82) is 0 Å². The third kappa shape index (κ3) is 4.41. The van der Waals surface area contributed by atoms with Crippen LogP contribution in [0.1, 0.15) is 34.0 Å². The molecule has 2 aromatic heterocycles. The molecule has 1 N–H and O–H groups in total. The second-order valence-corrected chi connectivity index (χ2v) is 8.33. The summed E-state index contributed by atoms with van der Waals surface area (Å²) >= 11 is 0. The lowest BCUT2D eigenvalue weighted by Gasteiger charge is -2.35. The number of nitrogens with one attached hydrogen (secondary N) is 1. The Morgan fingerprint density at radius 2 is 1.64 bits per heavy atom. The van der Waals surface area contributed by atoms with Crippen LogP contribution in [0.5, 0.6) is 0 Å². The van der Waals surface area contributed by atoms with Crippen LogP contribution in [0.15, 0.2) is 61.4 Å². The predicted molar refractivity (Wildman–Crippen MR) is 129 cm³/mol. The quantitative estimate of drug-likeness (QED) is 0.584. The number of carbonyl (C=O) groups is 1. The molecule has 1 fully saturated rings. The minimum absolute atomic E-state index is 0.0919. The first-order valence-corrected chi connectivity index (χ1v) is 11.3. The molecule has 1 saturated heterocycles. The van der Waals surface area contributed by atoms with Crippen molar-refractivity contribution in [3.63, 3.8) is 0 Å². The molecular formula is C25H27N7O. The van der Waals surface area contributed by atoms with Crippen LogP contribution in [0.4, 0.5) is 17.7 Å². The molecule has 3 heterocycles. The Morgan fingerprint density at radius 1 is 0.939 bits per heavy atom. The van der Waals surface area contributed by atoms with Crippen LogP contribution in [-0.2, 0) is 6.42 Å². The fraction of sp³-hybridized carbons (Fsp3) is 0.320. The highest BCUT2D eigenvalue weighted by molar-refractivity contribution is 6.03. The Morgan fingerprint density at radius 3 is 2.33 bits per heavy atom. The molecule has 8 nitrogen and oxygen atoms in total. The van der Waals surface area contributed by atoms with Gasteiger partial charge in [-0.15, -0.1) is 6.58 Å². The van der Waals surface area contributed by atoms with E-state index in [2.05, 4.69) is 43.8 Å². The molecule has 0 unspecified atom stereocenters. The predicted octanol–water partition coefficient (Wildman–Crippen LogP) is 3.10. The number of anilines is 3. The third-order valence-corrected chi connectivity index (χ3v) is 6.20. The van der Waals surface area contributed by atoms with E-state index in [1.807, 2.05) is 24.3 Å². The number of carbonyl (C=O) groups excluding carboxylic acids is 1. The van der Waals surface area contributed by atoms with E-state index in [1.165, 1.54) is 5.56 Å². The number of ketones is 1. The van der Waals surface area contributed by atoms with Crippen molar-refractivity contribution in [2.45, 2.75) is 18.8 Å². The van der Waals surface area contributed by atoms with E-state index in [1.54, 1.807) is 18.5 Å². The first-order chi connectivity index (χ1) is 16.2. The molecule has 0 saturated carbocycles. The van der Waals surface area contributed by atoms with Gasteiger partial charge in [0, 0.05) is 51.5 Å². The molecule has 0 radical (unpaired) electrons. The van der Waals surface area contributed by atoms with Crippen LogP contribution in [-0.4, -0.2) is 58.4 Å². The van der Waals surface area contributed by atoms with Gasteiger partial charge in [-0.1, -0.05) is 36.4 Å². The van der Waals surface area contributed by atoms with Crippen molar-refractivity contribution >= 4 is 23.5 Å². The first-order valence-electron chi connectivity index (χ1n) is 11.3. The van der Waals surface area contributed by atoms with Gasteiger partial charge in [0.05, 0.1) is 11.3 Å². The van der Waals surface area contributed by atoms with Crippen molar-refractivity contribution < 1.29 is 4.79 Å². The molecular weight excluding hydrogens is 414 g/mol. The standard InChI is InChI=1S/C25H27N7O/c1-2-9-26-23-22-20(16-19(17-21(22)33)18-7-4-3-5-8-18)29-25(30-23)32-14-12-31(13-15-32)24-27-10-6-11-28-24/h2-8,10-11,19H,1,9,12-17H2,(H,26,29,30)/t19-/m1/s1. The summed E-state index contributed by atoms with van der Waals surface area (Å²) in [6.45, 7) is 7.41. The molecule has 8 heteroatoms. The Bertz CT molecular complexity index is 1130. The zero-order chi connectivity index (χ0) is 22.6. The van der Waals surface area contributed by atoms with Crippen LogP contribution >= 0.6 is 0 Å². The number of Topliss-reactive ketones (excluding diaryl/α,β-unsaturated/α-hetero) is 1. The molecule has 1 aliphatic carbocycles. The largest absolute Gasteiger partial charge is 0.366 e. The second kappa shape index (κ2) is 9.36. The number of hydrogen-bond donors (Lipinski definition) is 1. The van der Waals surface area contributed by atoms with Gasteiger partial charge in [-0.3, -0.25) is 4.79 Å². The summed E-state index contributed by atoms with van der Waals surface area (Å²) < 4.78 is 0. The molecule has 1 atom stereocenters. The van der Waals surface area contributed by atoms with Crippen LogP contribution in [0, 0.1) is 0 Å². The highest BCUT2D eigenvalue weighted by Crippen LogP contribution is 2.35. The van der Waals surface area contributed by atoms with E-state index in [4.69, 9.17) is 9.97 Å². The van der Waals surface area contributed by atoms with E-state index in [0.29, 0.717) is 30.3 Å². The summed E-state index contributed by atoms with van der Waals surface area (Å²) in [6.07, 6.45) is 6.49. The molecule has 1 aliphatic heterocycles. The second-order valence-electron chi connectivity index (χ2n) is 8.33. The lowest BCUT2D eigenvalue weighted by molar-refractivity contribution is 0.0963. The highest BCUT2D eigenvalue weighted by atomic mass is 16.1. The van der Waals surface area contributed by atoms with Crippen molar-refractivity contribution in [3.8, 4) is 0 Å². The number of aromatic nitrogens is 4. The zero-order valence-electron chi connectivity index (χ0n) is 18.5. The van der Waals surface area contributed by atoms with Gasteiger partial charge in [-0.2, -0.15) is 4.98 Å². The van der Waals surface area contributed by atoms with Crippen molar-refractivity contribution in [1.82, 2.24) is 19.9 Å². The average molecular weight is 442 g/mol. The minimum atomic E-state index is 0.0919. The maximum Gasteiger partial charge on any atom is 0.227 e. The molecule has 1 aromatic carbocycles. The number of hydrogen-bond acceptors (Lipinski definition) is 8. The third-order valence-electron chi connectivity index (χ3n) is 6.20. The molecule has 168 valence electrons. The lowest BCUT2D eigenvalue weighted by Crippen LogP contribution is -2.48. The van der Waals surface area contributed by atoms with Crippen LogP contribution in [0.3, 0.4) is 0 Å². The monoisotopic (exact) mass is 441 g/mol. The van der Waals surface area contributed by atoms with E-state index in [0.717, 1.165) is 44.2 Å². The number of benzene rings is 1. The summed E-state index contributed by atoms with van der Waals surface area (Å²) in [7, 11) is 0. The SMILES string of the molecule is C=CCNc1nc(N2CCN(c3ncccn3)CC2)nc2c1C(=O)C[C@H](c1ccccc1)C2. The van der Waals surface area contributed by atoms with E-state index in [-0.39, 0.29) is 11.7 Å². The summed E-state index contributed by atoms with van der Waals surface area (Å²) in [6, 6.07) is 12.0. The van der Waals surface area contributed by atoms with Crippen molar-refractivity contribution in [2.75, 3.05) is 47.8 Å². The highest BCUT2D eigenvalue weighted by Gasteiger charge is 2.32. The Hall–Kier alpha value is -3.81. The minimum Gasteiger partial charge on any atom is -0.366 e. The zero-order valence-corrected chi connectivity index (χ0v) is 18.5. The summed E-state index contributed by atoms with van der Waals surface area (Å²) in [5, 5.41) is 3.27. The molecule has 0 bridgehead atoms. The summed E-state index contributed by atoms with van der Waals surface area (Å²) in [5.74, 6) is 2.24. The fourth-order valence-electron chi connectivity index (χ4n) is 4.53. The van der Waals surface area contributed by atoms with Crippen molar-refractivity contribution in [3.05, 3.63) is 78.3 Å². The normalized spacial score (nSPS) is 18.1. The maximum atomic E-state index is 13.2. The number of piperazine rings is 1. The van der Waals surface area contributed by atoms with Gasteiger partial charge in [0.1, 0.15) is 5.82 Å². The molecule has 2 aliphatic rings. The maximum absolute atomic E-state index is 13.2. The van der Waals surface area contributed by atoms with Gasteiger partial charge in [0.2, 0.25) is 11.9 Å². The van der Waals surface area contributed by atoms with Gasteiger partial charge in [-0.05, 0) is 24.0 Å². The average Bonchev–Trinajstić information content (AvgIpc) is 2.88. The fourth-order valence-corrected chi connectivity index (χ4v) is 4.53. The smallest absolute Gasteiger partial charge is 0.227 e. The Balaban J connectivity index is 1.42. The number of fused-ring (bicyclic) bond motifs is 1. The molecule has 3 aromatic rings. The Labute approximate surface area is 193 Å². The first kappa shape index (κ1) is 21.1. The van der Waals surface area contributed by atoms with E-state index < -0.39 is 0 Å². The van der Waals surface area contributed by atoms with E-state index in [9.17, 15) is 4.79 Å². The van der Waals surface area contributed by atoms with Gasteiger partial charge >= 0.3 is 0 Å². The number of nitrogens with zero attached hydrogens (tertiary/aromatic N) is 6. The van der Waals surface area contributed by atoms with E-state index >= 15 is 0 Å². The summed E-state index contributed by atoms with van der Waals surface area (Å²) in [5.41, 5.74) is 2.63. The van der Waals surface area contributed by atoms with Crippen LogP contribution in [0.25, 0.3) is 0 Å². The molecule has 5 rings (SSSR count). The topological polar surface area (TPSA) is 87.1 Å². The lowest BCUT2D eigenvalue weighted by atomic mass is 9.82. The van der Waals surface area contributed by atoms with Crippen LogP contribution in [0.2, 0.25) is 0 Å². The molecule has 0 spiro atoms. The van der Waals surface area contributed by atoms with Gasteiger partial charge in [0.25, 0.3) is 0 Å². The summed E-state index contributed by atoms with van der Waals surface area (Å²) in [4.78, 5) is 35.9. The van der Waals surface area contributed by atoms with Gasteiger partial charge in [-0.25, -0.2) is 15.0 Å². The molecule has 33 heavy (non-hydrogen) atoms. The molecule has 0 amide bonds. The number of rotatable bonds is 6.